The number of amides is 1. The molecule has 0 aromatic heterocycles. The summed E-state index contributed by atoms with van der Waals surface area (Å²) in [7, 11) is -3.86. The Morgan fingerprint density at radius 1 is 1.47 bits per heavy atom. The van der Waals surface area contributed by atoms with Crippen molar-refractivity contribution in [3.63, 3.8) is 0 Å². The second-order valence-electron chi connectivity index (χ2n) is 4.40. The minimum absolute atomic E-state index is 0.0174. The molecule has 0 saturated carbocycles. The molecule has 1 amide bonds. The number of sulfonamides is 1. The maximum Gasteiger partial charge on any atom is 0.251 e. The summed E-state index contributed by atoms with van der Waals surface area (Å²) in [4.78, 5) is 12.1. The molecule has 1 aromatic carbocycles. The normalized spacial score (nSPS) is 13.1. The highest BCUT2D eigenvalue weighted by Crippen LogP contribution is 2.24. The Balaban J connectivity index is 3.30. The zero-order chi connectivity index (χ0) is 14.8. The lowest BCUT2D eigenvalue weighted by molar-refractivity contribution is 0.0938. The standard InChI is InChI=1S/C12H17BrN2O3S/c1-4-7(2)15-12(16)10-5-9(13)6-11(8(10)3)19(14,17)18/h5-7H,4H2,1-3H3,(H,15,16)(H2,14,17,18). The molecule has 5 nitrogen and oxygen atoms in total. The maximum atomic E-state index is 12.1. The summed E-state index contributed by atoms with van der Waals surface area (Å²) < 4.78 is 23.5. The van der Waals surface area contributed by atoms with Gasteiger partial charge in [-0.05, 0) is 38.0 Å². The molecule has 0 bridgehead atoms. The summed E-state index contributed by atoms with van der Waals surface area (Å²) in [5.74, 6) is -0.307. The molecule has 19 heavy (non-hydrogen) atoms. The van der Waals surface area contributed by atoms with E-state index in [-0.39, 0.29) is 16.8 Å². The van der Waals surface area contributed by atoms with E-state index in [1.54, 1.807) is 13.0 Å². The van der Waals surface area contributed by atoms with Gasteiger partial charge in [0.05, 0.1) is 4.90 Å². The molecule has 0 saturated heterocycles. The van der Waals surface area contributed by atoms with Crippen molar-refractivity contribution in [2.24, 2.45) is 5.14 Å². The van der Waals surface area contributed by atoms with E-state index in [1.165, 1.54) is 6.07 Å². The lowest BCUT2D eigenvalue weighted by Gasteiger charge is -2.14. The van der Waals surface area contributed by atoms with E-state index in [1.807, 2.05) is 13.8 Å². The zero-order valence-corrected chi connectivity index (χ0v) is 13.4. The summed E-state index contributed by atoms with van der Waals surface area (Å²) >= 11 is 3.19. The Hall–Kier alpha value is -0.920. The van der Waals surface area contributed by atoms with Gasteiger partial charge in [0, 0.05) is 16.1 Å². The van der Waals surface area contributed by atoms with Crippen LogP contribution in [0.25, 0.3) is 0 Å². The second-order valence-corrected chi connectivity index (χ2v) is 6.85. The number of nitrogens with two attached hydrogens (primary N) is 1. The number of primary sulfonamides is 1. The highest BCUT2D eigenvalue weighted by Gasteiger charge is 2.20. The van der Waals surface area contributed by atoms with Crippen molar-refractivity contribution in [2.45, 2.75) is 38.1 Å². The molecule has 1 rings (SSSR count). The predicted molar refractivity (Wildman–Crippen MR) is 77.5 cm³/mol. The van der Waals surface area contributed by atoms with Crippen LogP contribution >= 0.6 is 15.9 Å². The van der Waals surface area contributed by atoms with E-state index < -0.39 is 10.0 Å². The molecule has 7 heteroatoms. The lowest BCUT2D eigenvalue weighted by Crippen LogP contribution is -2.32. The van der Waals surface area contributed by atoms with E-state index in [2.05, 4.69) is 21.2 Å². The van der Waals surface area contributed by atoms with Crippen LogP contribution in [-0.4, -0.2) is 20.4 Å². The first-order valence-electron chi connectivity index (χ1n) is 5.80. The van der Waals surface area contributed by atoms with Gasteiger partial charge >= 0.3 is 0 Å². The third kappa shape index (κ3) is 4.02. The van der Waals surface area contributed by atoms with E-state index in [0.717, 1.165) is 6.42 Å². The van der Waals surface area contributed by atoms with Gasteiger partial charge < -0.3 is 5.32 Å². The van der Waals surface area contributed by atoms with Crippen molar-refractivity contribution in [3.8, 4) is 0 Å². The van der Waals surface area contributed by atoms with Gasteiger partial charge in [0.2, 0.25) is 10.0 Å². The molecule has 1 unspecified atom stereocenters. The number of carbonyl (C=O) groups excluding carboxylic acids is 1. The van der Waals surface area contributed by atoms with Gasteiger partial charge in [0.1, 0.15) is 0 Å². The molecule has 0 fully saturated rings. The van der Waals surface area contributed by atoms with Gasteiger partial charge in [-0.1, -0.05) is 22.9 Å². The maximum absolute atomic E-state index is 12.1. The van der Waals surface area contributed by atoms with Gasteiger partial charge in [-0.15, -0.1) is 0 Å². The first-order chi connectivity index (χ1) is 8.66. The molecule has 0 radical (unpaired) electrons. The second kappa shape index (κ2) is 6.02. The van der Waals surface area contributed by atoms with Crippen molar-refractivity contribution in [1.29, 1.82) is 0 Å². The highest BCUT2D eigenvalue weighted by atomic mass is 79.9. The minimum Gasteiger partial charge on any atom is -0.350 e. The molecule has 3 N–H and O–H groups in total. The first-order valence-corrected chi connectivity index (χ1v) is 8.14. The van der Waals surface area contributed by atoms with E-state index >= 15 is 0 Å². The quantitative estimate of drug-likeness (QED) is 0.870. The van der Waals surface area contributed by atoms with Crippen LogP contribution in [0.4, 0.5) is 0 Å². The van der Waals surface area contributed by atoms with Crippen molar-refractivity contribution in [1.82, 2.24) is 5.32 Å². The summed E-state index contributed by atoms with van der Waals surface area (Å²) in [5, 5.41) is 7.94. The van der Waals surface area contributed by atoms with Crippen molar-refractivity contribution in [2.75, 3.05) is 0 Å². The number of carbonyl (C=O) groups is 1. The van der Waals surface area contributed by atoms with E-state index in [9.17, 15) is 13.2 Å². The fraction of sp³-hybridized carbons (Fsp3) is 0.417. The Labute approximate surface area is 121 Å². The van der Waals surface area contributed by atoms with E-state index in [0.29, 0.717) is 15.6 Å². The number of hydrogen-bond donors (Lipinski definition) is 2. The third-order valence-corrected chi connectivity index (χ3v) is 4.36. The number of halogens is 1. The van der Waals surface area contributed by atoms with Crippen LogP contribution in [-0.2, 0) is 10.0 Å². The molecule has 0 aliphatic carbocycles. The van der Waals surface area contributed by atoms with Crippen LogP contribution in [0.15, 0.2) is 21.5 Å². The molecular weight excluding hydrogens is 332 g/mol. The molecular formula is C12H17BrN2O3S. The fourth-order valence-corrected chi connectivity index (χ4v) is 3.03. The number of benzene rings is 1. The van der Waals surface area contributed by atoms with Crippen LogP contribution < -0.4 is 10.5 Å². The largest absolute Gasteiger partial charge is 0.350 e. The van der Waals surface area contributed by atoms with Crippen LogP contribution in [0.3, 0.4) is 0 Å². The summed E-state index contributed by atoms with van der Waals surface area (Å²) in [6.07, 6.45) is 0.792. The van der Waals surface area contributed by atoms with Crippen molar-refractivity contribution >= 4 is 31.9 Å². The smallest absolute Gasteiger partial charge is 0.251 e. The third-order valence-electron chi connectivity index (χ3n) is 2.87. The van der Waals surface area contributed by atoms with Crippen LogP contribution in [0, 0.1) is 6.92 Å². The molecule has 1 atom stereocenters. The van der Waals surface area contributed by atoms with Crippen molar-refractivity contribution in [3.05, 3.63) is 27.7 Å². The van der Waals surface area contributed by atoms with E-state index in [4.69, 9.17) is 5.14 Å². The summed E-state index contributed by atoms with van der Waals surface area (Å²) in [6.45, 7) is 5.40. The Bertz CT molecular complexity index is 599. The molecule has 0 aliphatic rings. The fourth-order valence-electron chi connectivity index (χ4n) is 1.59. The van der Waals surface area contributed by atoms with Crippen LogP contribution in [0.2, 0.25) is 0 Å². The average Bonchev–Trinajstić information content (AvgIpc) is 2.29. The average molecular weight is 349 g/mol. The van der Waals surface area contributed by atoms with Gasteiger partial charge in [0.15, 0.2) is 0 Å². The number of hydrogen-bond acceptors (Lipinski definition) is 3. The van der Waals surface area contributed by atoms with Gasteiger partial charge in [-0.3, -0.25) is 4.79 Å². The predicted octanol–water partition coefficient (Wildman–Crippen LogP) is 1.93. The SMILES string of the molecule is CCC(C)NC(=O)c1cc(Br)cc(S(N)(=O)=O)c1C. The number of rotatable bonds is 4. The minimum atomic E-state index is -3.86. The monoisotopic (exact) mass is 348 g/mol. The Kier molecular flexibility index (Phi) is 5.11. The summed E-state index contributed by atoms with van der Waals surface area (Å²) in [6, 6.07) is 3.00. The Morgan fingerprint density at radius 2 is 2.05 bits per heavy atom. The lowest BCUT2D eigenvalue weighted by atomic mass is 10.1. The van der Waals surface area contributed by atoms with Gasteiger partial charge in [-0.2, -0.15) is 0 Å². The number of nitrogens with one attached hydrogen (secondary N) is 1. The highest BCUT2D eigenvalue weighted by molar-refractivity contribution is 9.10. The molecule has 0 spiro atoms. The van der Waals surface area contributed by atoms with Gasteiger partial charge in [0.25, 0.3) is 5.91 Å². The molecule has 1 aromatic rings. The Morgan fingerprint density at radius 3 is 2.53 bits per heavy atom. The van der Waals surface area contributed by atoms with Crippen LogP contribution in [0.1, 0.15) is 36.2 Å². The first kappa shape index (κ1) is 16.1. The van der Waals surface area contributed by atoms with Crippen LogP contribution in [0.5, 0.6) is 0 Å². The van der Waals surface area contributed by atoms with Crippen molar-refractivity contribution < 1.29 is 13.2 Å². The molecule has 0 heterocycles. The molecule has 0 aliphatic heterocycles. The topological polar surface area (TPSA) is 89.3 Å². The summed E-state index contributed by atoms with van der Waals surface area (Å²) in [5.41, 5.74) is 0.658. The van der Waals surface area contributed by atoms with Gasteiger partial charge in [-0.25, -0.2) is 13.6 Å². The zero-order valence-electron chi connectivity index (χ0n) is 11.0. The molecule has 106 valence electrons.